The van der Waals surface area contributed by atoms with Crippen molar-refractivity contribution in [1.82, 2.24) is 9.88 Å². The summed E-state index contributed by atoms with van der Waals surface area (Å²) < 4.78 is 0.995. The van der Waals surface area contributed by atoms with Gasteiger partial charge in [-0.1, -0.05) is 0 Å². The van der Waals surface area contributed by atoms with Gasteiger partial charge in [-0.25, -0.2) is 9.78 Å². The van der Waals surface area contributed by atoms with Crippen molar-refractivity contribution in [1.29, 1.82) is 0 Å². The minimum absolute atomic E-state index is 0.566. The Hall–Kier alpha value is -1.30. The molecular weight excluding hydrogens is 334 g/mol. The highest BCUT2D eigenvalue weighted by Gasteiger charge is 2.21. The molecule has 1 aliphatic heterocycles. The summed E-state index contributed by atoms with van der Waals surface area (Å²) in [6, 6.07) is 4.05. The molecule has 21 heavy (non-hydrogen) atoms. The van der Waals surface area contributed by atoms with E-state index in [2.05, 4.69) is 25.8 Å². The zero-order chi connectivity index (χ0) is 15.2. The van der Waals surface area contributed by atoms with E-state index in [-0.39, 0.29) is 0 Å². The van der Waals surface area contributed by atoms with Gasteiger partial charge >= 0.3 is 6.09 Å². The third-order valence-corrected chi connectivity index (χ3v) is 4.58. The second kappa shape index (κ2) is 7.64. The fourth-order valence-corrected chi connectivity index (χ4v) is 2.97. The van der Waals surface area contributed by atoms with Crippen LogP contribution in [0.1, 0.15) is 26.2 Å². The summed E-state index contributed by atoms with van der Waals surface area (Å²) in [5.41, 5.74) is 0. The van der Waals surface area contributed by atoms with Crippen molar-refractivity contribution >= 4 is 27.8 Å². The van der Waals surface area contributed by atoms with Crippen molar-refractivity contribution in [2.45, 2.75) is 26.2 Å². The van der Waals surface area contributed by atoms with E-state index in [9.17, 15) is 4.79 Å². The maximum absolute atomic E-state index is 11.0. The van der Waals surface area contributed by atoms with Crippen molar-refractivity contribution in [2.75, 3.05) is 31.1 Å². The van der Waals surface area contributed by atoms with E-state index in [4.69, 9.17) is 5.11 Å². The Bertz CT molecular complexity index is 458. The number of hydrogen-bond donors (Lipinski definition) is 1. The van der Waals surface area contributed by atoms with E-state index in [1.165, 1.54) is 4.90 Å². The number of carboxylic acid groups (broad SMARTS) is 1. The average molecular weight is 356 g/mol. The number of anilines is 1. The molecule has 1 N–H and O–H groups in total. The van der Waals surface area contributed by atoms with Crippen LogP contribution in [0.2, 0.25) is 0 Å². The molecule has 1 amide bonds. The van der Waals surface area contributed by atoms with Crippen LogP contribution in [-0.4, -0.2) is 47.3 Å². The van der Waals surface area contributed by atoms with Gasteiger partial charge in [0.15, 0.2) is 0 Å². The molecule has 1 aliphatic rings. The topological polar surface area (TPSA) is 56.7 Å². The summed E-state index contributed by atoms with van der Waals surface area (Å²) in [4.78, 5) is 19.2. The molecule has 1 fully saturated rings. The van der Waals surface area contributed by atoms with Crippen molar-refractivity contribution < 1.29 is 9.90 Å². The van der Waals surface area contributed by atoms with Gasteiger partial charge in [-0.15, -0.1) is 0 Å². The van der Waals surface area contributed by atoms with Crippen LogP contribution >= 0.6 is 15.9 Å². The summed E-state index contributed by atoms with van der Waals surface area (Å²) in [6.07, 6.45) is 4.19. The smallest absolute Gasteiger partial charge is 0.407 e. The highest BCUT2D eigenvalue weighted by molar-refractivity contribution is 9.10. The van der Waals surface area contributed by atoms with Crippen LogP contribution in [-0.2, 0) is 0 Å². The van der Waals surface area contributed by atoms with E-state index in [0.717, 1.165) is 42.6 Å². The van der Waals surface area contributed by atoms with Crippen molar-refractivity contribution in [3.8, 4) is 0 Å². The van der Waals surface area contributed by atoms with Crippen molar-refractivity contribution in [2.24, 2.45) is 5.92 Å². The Morgan fingerprint density at radius 1 is 1.48 bits per heavy atom. The SMILES string of the molecule is CCN(CCC1CCN(c2ccc(Br)cn2)CC1)C(=O)O. The first-order valence-electron chi connectivity index (χ1n) is 7.44. The van der Waals surface area contributed by atoms with E-state index in [1.54, 1.807) is 0 Å². The van der Waals surface area contributed by atoms with Gasteiger partial charge in [0, 0.05) is 36.8 Å². The van der Waals surface area contributed by atoms with E-state index in [1.807, 2.05) is 25.3 Å². The van der Waals surface area contributed by atoms with Gasteiger partial charge in [-0.05, 0) is 60.2 Å². The lowest BCUT2D eigenvalue weighted by molar-refractivity contribution is 0.143. The molecule has 1 aromatic heterocycles. The van der Waals surface area contributed by atoms with Crippen LogP contribution in [0, 0.1) is 5.92 Å². The normalized spacial score (nSPS) is 16.0. The Morgan fingerprint density at radius 2 is 2.19 bits per heavy atom. The summed E-state index contributed by atoms with van der Waals surface area (Å²) in [6.45, 7) is 5.09. The van der Waals surface area contributed by atoms with Crippen LogP contribution in [0.5, 0.6) is 0 Å². The first kappa shape index (κ1) is 16.1. The molecule has 1 aromatic rings. The number of piperidine rings is 1. The quantitative estimate of drug-likeness (QED) is 0.878. The molecule has 0 aliphatic carbocycles. The lowest BCUT2D eigenvalue weighted by Crippen LogP contribution is -2.36. The van der Waals surface area contributed by atoms with Gasteiger partial charge in [0.2, 0.25) is 0 Å². The van der Waals surface area contributed by atoms with E-state index < -0.39 is 6.09 Å². The molecule has 6 heteroatoms. The maximum Gasteiger partial charge on any atom is 0.407 e. The Balaban J connectivity index is 1.78. The molecule has 0 radical (unpaired) electrons. The van der Waals surface area contributed by atoms with Gasteiger partial charge < -0.3 is 14.9 Å². The van der Waals surface area contributed by atoms with E-state index in [0.29, 0.717) is 19.0 Å². The van der Waals surface area contributed by atoms with Crippen LogP contribution in [0.3, 0.4) is 0 Å². The highest BCUT2D eigenvalue weighted by Crippen LogP contribution is 2.24. The molecule has 0 bridgehead atoms. The van der Waals surface area contributed by atoms with Crippen LogP contribution < -0.4 is 4.90 Å². The third kappa shape index (κ3) is 4.59. The molecule has 2 heterocycles. The number of aromatic nitrogens is 1. The molecule has 0 unspecified atom stereocenters. The second-order valence-corrected chi connectivity index (χ2v) is 6.33. The van der Waals surface area contributed by atoms with Crippen LogP contribution in [0.25, 0.3) is 0 Å². The van der Waals surface area contributed by atoms with Gasteiger partial charge in [0.05, 0.1) is 0 Å². The number of halogens is 1. The zero-order valence-electron chi connectivity index (χ0n) is 12.3. The number of hydrogen-bond acceptors (Lipinski definition) is 3. The van der Waals surface area contributed by atoms with Crippen LogP contribution in [0.4, 0.5) is 10.6 Å². The predicted octanol–water partition coefficient (Wildman–Crippen LogP) is 3.45. The number of rotatable bonds is 5. The molecule has 0 spiro atoms. The maximum atomic E-state index is 11.0. The Kier molecular flexibility index (Phi) is 5.85. The number of carbonyl (C=O) groups is 1. The summed E-state index contributed by atoms with van der Waals surface area (Å²) in [5, 5.41) is 9.02. The number of pyridine rings is 1. The summed E-state index contributed by atoms with van der Waals surface area (Å²) in [7, 11) is 0. The zero-order valence-corrected chi connectivity index (χ0v) is 13.9. The number of nitrogens with zero attached hydrogens (tertiary/aromatic N) is 3. The molecule has 0 saturated carbocycles. The van der Waals surface area contributed by atoms with Gasteiger partial charge in [0.25, 0.3) is 0 Å². The monoisotopic (exact) mass is 355 g/mol. The third-order valence-electron chi connectivity index (χ3n) is 4.11. The molecule has 0 atom stereocenters. The Morgan fingerprint density at radius 3 is 2.71 bits per heavy atom. The minimum atomic E-state index is -0.811. The summed E-state index contributed by atoms with van der Waals surface area (Å²) in [5.74, 6) is 1.64. The molecule has 5 nitrogen and oxygen atoms in total. The molecule has 1 saturated heterocycles. The molecule has 116 valence electrons. The minimum Gasteiger partial charge on any atom is -0.465 e. The van der Waals surface area contributed by atoms with Crippen LogP contribution in [0.15, 0.2) is 22.8 Å². The van der Waals surface area contributed by atoms with Crippen molar-refractivity contribution in [3.63, 3.8) is 0 Å². The lowest BCUT2D eigenvalue weighted by atomic mass is 9.93. The fourth-order valence-electron chi connectivity index (χ4n) is 2.73. The first-order valence-corrected chi connectivity index (χ1v) is 8.23. The molecule has 2 rings (SSSR count). The average Bonchev–Trinajstić information content (AvgIpc) is 2.49. The molecular formula is C15H22BrN3O2. The van der Waals surface area contributed by atoms with Gasteiger partial charge in [-0.2, -0.15) is 0 Å². The predicted molar refractivity (Wildman–Crippen MR) is 86.8 cm³/mol. The lowest BCUT2D eigenvalue weighted by Gasteiger charge is -2.33. The van der Waals surface area contributed by atoms with E-state index >= 15 is 0 Å². The van der Waals surface area contributed by atoms with Gasteiger partial charge in [-0.3, -0.25) is 0 Å². The van der Waals surface area contributed by atoms with Crippen molar-refractivity contribution in [3.05, 3.63) is 22.8 Å². The Labute approximate surface area is 134 Å². The largest absolute Gasteiger partial charge is 0.465 e. The standard InChI is InChI=1S/C15H22BrN3O2/c1-2-18(15(20)21)8-5-12-6-9-19(10-7-12)14-4-3-13(16)11-17-14/h3-4,11-12H,2,5-10H2,1H3,(H,20,21). The first-order chi connectivity index (χ1) is 10.1. The highest BCUT2D eigenvalue weighted by atomic mass is 79.9. The fraction of sp³-hybridized carbons (Fsp3) is 0.600. The summed E-state index contributed by atoms with van der Waals surface area (Å²) >= 11 is 3.40. The number of amides is 1. The molecule has 0 aromatic carbocycles. The van der Waals surface area contributed by atoms with Gasteiger partial charge in [0.1, 0.15) is 5.82 Å². The second-order valence-electron chi connectivity index (χ2n) is 5.42.